The molecule has 1 aliphatic rings. The van der Waals surface area contributed by atoms with Crippen LogP contribution in [0, 0.1) is 0 Å². The number of benzene rings is 1. The molecule has 2 aromatic rings. The van der Waals surface area contributed by atoms with E-state index < -0.39 is 5.97 Å². The van der Waals surface area contributed by atoms with Crippen molar-refractivity contribution >= 4 is 23.5 Å². The molecule has 1 aliphatic heterocycles. The average Bonchev–Trinajstić information content (AvgIpc) is 2.97. The number of aromatic nitrogens is 2. The molecule has 7 heteroatoms. The molecule has 0 radical (unpaired) electrons. The molecular formula is C19H22N4O3. The minimum absolute atomic E-state index is 0.297. The molecule has 2 heterocycles. The van der Waals surface area contributed by atoms with Gasteiger partial charge in [0, 0.05) is 25.5 Å². The van der Waals surface area contributed by atoms with Crippen molar-refractivity contribution in [3.05, 3.63) is 47.8 Å². The van der Waals surface area contributed by atoms with E-state index in [0.29, 0.717) is 22.8 Å². The third-order valence-electron chi connectivity index (χ3n) is 4.37. The monoisotopic (exact) mass is 354 g/mol. The van der Waals surface area contributed by atoms with Crippen molar-refractivity contribution in [2.24, 2.45) is 0 Å². The van der Waals surface area contributed by atoms with Crippen LogP contribution >= 0.6 is 0 Å². The van der Waals surface area contributed by atoms with Crippen LogP contribution in [-0.2, 0) is 4.74 Å². The van der Waals surface area contributed by atoms with Gasteiger partial charge in [-0.15, -0.1) is 0 Å². The molecule has 3 rings (SSSR count). The lowest BCUT2D eigenvalue weighted by molar-refractivity contribution is 0.0602. The molecule has 1 saturated heterocycles. The lowest BCUT2D eigenvalue weighted by Gasteiger charge is -2.19. The summed E-state index contributed by atoms with van der Waals surface area (Å²) in [6.07, 6.45) is 7.77. The molecule has 0 spiro atoms. The number of rotatable bonds is 4. The van der Waals surface area contributed by atoms with Gasteiger partial charge < -0.3 is 15.0 Å². The number of carbonyl (C=O) groups excluding carboxylic acids is 2. The number of esters is 1. The second kappa shape index (κ2) is 8.42. The fourth-order valence-electron chi connectivity index (χ4n) is 2.95. The lowest BCUT2D eigenvalue weighted by atomic mass is 10.1. The third kappa shape index (κ3) is 4.17. The summed E-state index contributed by atoms with van der Waals surface area (Å²) in [5.41, 5.74) is 1.02. The van der Waals surface area contributed by atoms with E-state index in [2.05, 4.69) is 20.2 Å². The number of hydrogen-bond acceptors (Lipinski definition) is 6. The van der Waals surface area contributed by atoms with E-state index in [-0.39, 0.29) is 5.91 Å². The third-order valence-corrected chi connectivity index (χ3v) is 4.37. The summed E-state index contributed by atoms with van der Waals surface area (Å²) >= 11 is 0. The van der Waals surface area contributed by atoms with Crippen molar-refractivity contribution in [1.82, 2.24) is 9.97 Å². The van der Waals surface area contributed by atoms with Gasteiger partial charge in [0.2, 0.25) is 5.95 Å². The Hall–Kier alpha value is -2.96. The van der Waals surface area contributed by atoms with Crippen molar-refractivity contribution < 1.29 is 14.3 Å². The first-order chi connectivity index (χ1) is 12.7. The Kier molecular flexibility index (Phi) is 5.78. The number of para-hydroxylation sites is 1. The first-order valence-corrected chi connectivity index (χ1v) is 8.74. The molecule has 1 aromatic heterocycles. The number of ether oxygens (including phenoxy) is 1. The number of amides is 1. The van der Waals surface area contributed by atoms with Gasteiger partial charge in [-0.3, -0.25) is 4.79 Å². The van der Waals surface area contributed by atoms with Crippen molar-refractivity contribution in [2.45, 2.75) is 25.7 Å². The highest BCUT2D eigenvalue weighted by molar-refractivity contribution is 6.07. The Labute approximate surface area is 152 Å². The average molecular weight is 354 g/mol. The summed E-state index contributed by atoms with van der Waals surface area (Å²) in [4.78, 5) is 35.1. The fourth-order valence-corrected chi connectivity index (χ4v) is 2.95. The summed E-state index contributed by atoms with van der Waals surface area (Å²) in [5, 5.41) is 2.72. The van der Waals surface area contributed by atoms with E-state index >= 15 is 0 Å². The zero-order valence-corrected chi connectivity index (χ0v) is 14.8. The molecule has 7 nitrogen and oxygen atoms in total. The zero-order valence-electron chi connectivity index (χ0n) is 14.8. The minimum atomic E-state index is -0.506. The van der Waals surface area contributed by atoms with Gasteiger partial charge in [-0.1, -0.05) is 25.0 Å². The number of hydrogen-bond donors (Lipinski definition) is 1. The van der Waals surface area contributed by atoms with Crippen LogP contribution in [0.3, 0.4) is 0 Å². The number of nitrogens with zero attached hydrogens (tertiary/aromatic N) is 3. The molecule has 136 valence electrons. The summed E-state index contributed by atoms with van der Waals surface area (Å²) in [6.45, 7) is 1.89. The maximum absolute atomic E-state index is 12.5. The molecule has 0 aliphatic carbocycles. The van der Waals surface area contributed by atoms with Crippen molar-refractivity contribution in [1.29, 1.82) is 0 Å². The van der Waals surface area contributed by atoms with Crippen LogP contribution in [0.4, 0.5) is 11.6 Å². The van der Waals surface area contributed by atoms with Gasteiger partial charge in [-0.25, -0.2) is 14.8 Å². The zero-order chi connectivity index (χ0) is 18.4. The van der Waals surface area contributed by atoms with Gasteiger partial charge in [0.1, 0.15) is 0 Å². The summed E-state index contributed by atoms with van der Waals surface area (Å²) in [6, 6.07) is 6.69. The summed E-state index contributed by atoms with van der Waals surface area (Å²) in [5.74, 6) is -0.226. The molecule has 1 amide bonds. The smallest absolute Gasteiger partial charge is 0.339 e. The van der Waals surface area contributed by atoms with E-state index in [1.165, 1.54) is 32.3 Å². The van der Waals surface area contributed by atoms with Crippen LogP contribution in [-0.4, -0.2) is 42.0 Å². The van der Waals surface area contributed by atoms with Crippen LogP contribution in [0.5, 0.6) is 0 Å². The predicted octanol–water partition coefficient (Wildman–Crippen LogP) is 2.90. The first-order valence-electron chi connectivity index (χ1n) is 8.74. The van der Waals surface area contributed by atoms with E-state index in [1.54, 1.807) is 24.3 Å². The van der Waals surface area contributed by atoms with Gasteiger partial charge in [0.05, 0.1) is 23.9 Å². The molecule has 1 N–H and O–H groups in total. The quantitative estimate of drug-likeness (QED) is 0.850. The van der Waals surface area contributed by atoms with Gasteiger partial charge in [0.25, 0.3) is 5.91 Å². The lowest BCUT2D eigenvalue weighted by Crippen LogP contribution is -2.26. The van der Waals surface area contributed by atoms with Gasteiger partial charge in [-0.2, -0.15) is 0 Å². The maximum atomic E-state index is 12.5. The number of methoxy groups -OCH3 is 1. The first kappa shape index (κ1) is 17.8. The van der Waals surface area contributed by atoms with Gasteiger partial charge in [-0.05, 0) is 25.0 Å². The van der Waals surface area contributed by atoms with E-state index in [9.17, 15) is 9.59 Å². The fraction of sp³-hybridized carbons (Fsp3) is 0.368. The summed E-state index contributed by atoms with van der Waals surface area (Å²) < 4.78 is 4.74. The maximum Gasteiger partial charge on any atom is 0.339 e. The highest BCUT2D eigenvalue weighted by atomic mass is 16.5. The van der Waals surface area contributed by atoms with Gasteiger partial charge in [0.15, 0.2) is 0 Å². The van der Waals surface area contributed by atoms with Crippen LogP contribution in [0.1, 0.15) is 46.4 Å². The van der Waals surface area contributed by atoms with Gasteiger partial charge >= 0.3 is 5.97 Å². The second-order valence-electron chi connectivity index (χ2n) is 6.16. The molecule has 1 fully saturated rings. The molecule has 0 unspecified atom stereocenters. The molecule has 1 aromatic carbocycles. The van der Waals surface area contributed by atoms with E-state index in [0.717, 1.165) is 25.9 Å². The topological polar surface area (TPSA) is 84.4 Å². The largest absolute Gasteiger partial charge is 0.465 e. The molecule has 0 atom stereocenters. The van der Waals surface area contributed by atoms with E-state index in [4.69, 9.17) is 4.74 Å². The van der Waals surface area contributed by atoms with Crippen LogP contribution in [0.2, 0.25) is 0 Å². The normalized spacial score (nSPS) is 14.4. The minimum Gasteiger partial charge on any atom is -0.465 e. The number of nitrogens with one attached hydrogen (secondary N) is 1. The standard InChI is InChI=1S/C19H22N4O3/c1-26-18(25)15-8-4-5-9-16(15)22-17(24)14-12-20-19(21-13-14)23-10-6-2-3-7-11-23/h4-5,8-9,12-13H,2-3,6-7,10-11H2,1H3,(H,22,24). The number of anilines is 2. The van der Waals surface area contributed by atoms with Crippen molar-refractivity contribution in [2.75, 3.05) is 30.4 Å². The van der Waals surface area contributed by atoms with Crippen LogP contribution in [0.25, 0.3) is 0 Å². The van der Waals surface area contributed by atoms with Crippen LogP contribution in [0.15, 0.2) is 36.7 Å². The highest BCUT2D eigenvalue weighted by Crippen LogP contribution is 2.18. The molecule has 0 bridgehead atoms. The Morgan fingerprint density at radius 3 is 2.35 bits per heavy atom. The Morgan fingerprint density at radius 1 is 1.04 bits per heavy atom. The molecule has 26 heavy (non-hydrogen) atoms. The SMILES string of the molecule is COC(=O)c1ccccc1NC(=O)c1cnc(N2CCCCCC2)nc1. The van der Waals surface area contributed by atoms with Crippen molar-refractivity contribution in [3.8, 4) is 0 Å². The second-order valence-corrected chi connectivity index (χ2v) is 6.16. The molecule has 0 saturated carbocycles. The molecular weight excluding hydrogens is 332 g/mol. The van der Waals surface area contributed by atoms with Crippen molar-refractivity contribution in [3.63, 3.8) is 0 Å². The van der Waals surface area contributed by atoms with E-state index in [1.807, 2.05) is 0 Å². The Morgan fingerprint density at radius 2 is 1.69 bits per heavy atom. The number of carbonyl (C=O) groups is 2. The summed E-state index contributed by atoms with van der Waals surface area (Å²) in [7, 11) is 1.30. The Bertz CT molecular complexity index is 769. The van der Waals surface area contributed by atoms with Crippen LogP contribution < -0.4 is 10.2 Å². The predicted molar refractivity (Wildman–Crippen MR) is 98.4 cm³/mol. The Balaban J connectivity index is 1.72. The highest BCUT2D eigenvalue weighted by Gasteiger charge is 2.16.